The fourth-order valence-corrected chi connectivity index (χ4v) is 2.92. The molecule has 0 saturated carbocycles. The molecule has 0 spiro atoms. The van der Waals surface area contributed by atoms with E-state index in [0.29, 0.717) is 23.6 Å². The Bertz CT molecular complexity index is 1330. The molecule has 0 aromatic carbocycles. The molecule has 30 heavy (non-hydrogen) atoms. The third kappa shape index (κ3) is 4.22. The molecule has 4 aromatic rings. The van der Waals surface area contributed by atoms with Crippen molar-refractivity contribution < 1.29 is 0 Å². The second kappa shape index (κ2) is 8.60. The number of rotatable bonds is 3. The van der Waals surface area contributed by atoms with Crippen LogP contribution >= 0.6 is 0 Å². The van der Waals surface area contributed by atoms with E-state index in [1.165, 1.54) is 17.9 Å². The monoisotopic (exact) mass is 409 g/mol. The highest BCUT2D eigenvalue weighted by atomic mass is 16.2. The minimum atomic E-state index is -0.336. The van der Waals surface area contributed by atoms with Crippen LogP contribution < -0.4 is 22.5 Å². The smallest absolute Gasteiger partial charge is 0.332 e. The highest BCUT2D eigenvalue weighted by Gasteiger charge is 2.13. The zero-order valence-corrected chi connectivity index (χ0v) is 16.9. The molecule has 4 rings (SSSR count). The highest BCUT2D eigenvalue weighted by Crippen LogP contribution is 2.17. The molecule has 0 aliphatic carbocycles. The van der Waals surface area contributed by atoms with Crippen molar-refractivity contribution in [3.8, 4) is 11.1 Å². The Morgan fingerprint density at radius 1 is 1.10 bits per heavy atom. The number of pyridine rings is 2. The van der Waals surface area contributed by atoms with Crippen LogP contribution in [0.1, 0.15) is 13.8 Å². The molecule has 0 radical (unpaired) electrons. The lowest BCUT2D eigenvalue weighted by Gasteiger charge is -2.10. The second-order valence-electron chi connectivity index (χ2n) is 7.16. The molecular formula is C20H23N7O3. The van der Waals surface area contributed by atoms with Gasteiger partial charge in [0, 0.05) is 37.7 Å². The number of nitrogen functional groups attached to an aromatic ring is 1. The summed E-state index contributed by atoms with van der Waals surface area (Å²) in [4.78, 5) is 47.9. The van der Waals surface area contributed by atoms with Gasteiger partial charge in [-0.1, -0.05) is 13.8 Å². The number of hydrogen-bond acceptors (Lipinski definition) is 6. The molecule has 0 saturated heterocycles. The SMILES string of the molecule is CC(C)Cn1c(=O)n(C)c(=O)c2[nH]cnc21.Nc1cc(-c2ccncc2)c[nH]c1=O. The zero-order chi connectivity index (χ0) is 21.8. The van der Waals surface area contributed by atoms with Crippen molar-refractivity contribution in [2.75, 3.05) is 5.73 Å². The van der Waals surface area contributed by atoms with E-state index in [9.17, 15) is 14.4 Å². The van der Waals surface area contributed by atoms with Gasteiger partial charge >= 0.3 is 5.69 Å². The van der Waals surface area contributed by atoms with Gasteiger partial charge in [0.05, 0.1) is 12.0 Å². The van der Waals surface area contributed by atoms with E-state index in [1.807, 2.05) is 26.0 Å². The summed E-state index contributed by atoms with van der Waals surface area (Å²) in [6.45, 7) is 4.57. The van der Waals surface area contributed by atoms with Crippen LogP contribution in [-0.2, 0) is 13.6 Å². The fraction of sp³-hybridized carbons (Fsp3) is 0.250. The van der Waals surface area contributed by atoms with E-state index in [1.54, 1.807) is 24.7 Å². The predicted octanol–water partition coefficient (Wildman–Crippen LogP) is 1.10. The molecule has 0 bridgehead atoms. The Morgan fingerprint density at radius 3 is 2.43 bits per heavy atom. The zero-order valence-electron chi connectivity index (χ0n) is 16.9. The number of nitrogens with one attached hydrogen (secondary N) is 2. The molecule has 0 aliphatic heterocycles. The van der Waals surface area contributed by atoms with Gasteiger partial charge in [-0.15, -0.1) is 0 Å². The normalized spacial score (nSPS) is 10.8. The molecule has 4 aromatic heterocycles. The molecule has 0 atom stereocenters. The molecular weight excluding hydrogens is 386 g/mol. The lowest BCUT2D eigenvalue weighted by molar-refractivity contribution is 0.500. The summed E-state index contributed by atoms with van der Waals surface area (Å²) >= 11 is 0. The van der Waals surface area contributed by atoms with Crippen molar-refractivity contribution >= 4 is 16.9 Å². The van der Waals surface area contributed by atoms with Crippen LogP contribution in [0.25, 0.3) is 22.3 Å². The summed E-state index contributed by atoms with van der Waals surface area (Å²) in [6.07, 6.45) is 6.45. The molecule has 10 nitrogen and oxygen atoms in total. The van der Waals surface area contributed by atoms with Crippen LogP contribution in [0, 0.1) is 5.92 Å². The number of anilines is 1. The fourth-order valence-electron chi connectivity index (χ4n) is 2.92. The number of imidazole rings is 1. The molecule has 4 heterocycles. The Labute approximate surface area is 171 Å². The van der Waals surface area contributed by atoms with Crippen LogP contribution in [0.3, 0.4) is 0 Å². The summed E-state index contributed by atoms with van der Waals surface area (Å²) in [6, 6.07) is 5.36. The summed E-state index contributed by atoms with van der Waals surface area (Å²) in [5.74, 6) is 0.315. The van der Waals surface area contributed by atoms with Crippen molar-refractivity contribution in [2.45, 2.75) is 20.4 Å². The van der Waals surface area contributed by atoms with Crippen molar-refractivity contribution in [1.29, 1.82) is 0 Å². The maximum atomic E-state index is 11.9. The molecule has 156 valence electrons. The van der Waals surface area contributed by atoms with Crippen molar-refractivity contribution in [3.05, 3.63) is 74.3 Å². The van der Waals surface area contributed by atoms with Crippen LogP contribution in [0.4, 0.5) is 5.69 Å². The summed E-state index contributed by atoms with van der Waals surface area (Å²) in [7, 11) is 1.47. The van der Waals surface area contributed by atoms with Gasteiger partial charge in [0.15, 0.2) is 5.65 Å². The van der Waals surface area contributed by atoms with Gasteiger partial charge in [0.25, 0.3) is 11.1 Å². The highest BCUT2D eigenvalue weighted by molar-refractivity contribution is 5.68. The largest absolute Gasteiger partial charge is 0.394 e. The van der Waals surface area contributed by atoms with Crippen LogP contribution in [0.5, 0.6) is 0 Å². The third-order valence-corrected chi connectivity index (χ3v) is 4.40. The van der Waals surface area contributed by atoms with Gasteiger partial charge in [-0.3, -0.25) is 23.7 Å². The number of aromatic nitrogens is 6. The van der Waals surface area contributed by atoms with Crippen molar-refractivity contribution in [1.82, 2.24) is 29.1 Å². The molecule has 0 fully saturated rings. The lowest BCUT2D eigenvalue weighted by Crippen LogP contribution is -2.38. The third-order valence-electron chi connectivity index (χ3n) is 4.40. The molecule has 0 aliphatic rings. The second-order valence-corrected chi connectivity index (χ2v) is 7.16. The Balaban J connectivity index is 0.000000172. The summed E-state index contributed by atoms with van der Waals surface area (Å²) in [5.41, 5.74) is 7.47. The van der Waals surface area contributed by atoms with Crippen molar-refractivity contribution in [3.63, 3.8) is 0 Å². The first-order valence-electron chi connectivity index (χ1n) is 9.31. The number of aromatic amines is 2. The van der Waals surface area contributed by atoms with Gasteiger partial charge in [-0.05, 0) is 29.7 Å². The van der Waals surface area contributed by atoms with Crippen LogP contribution in [-0.4, -0.2) is 29.1 Å². The Hall–Kier alpha value is -3.95. The first-order chi connectivity index (χ1) is 14.3. The Kier molecular flexibility index (Phi) is 5.95. The van der Waals surface area contributed by atoms with Crippen molar-refractivity contribution in [2.24, 2.45) is 13.0 Å². The molecule has 4 N–H and O–H groups in total. The van der Waals surface area contributed by atoms with E-state index < -0.39 is 0 Å². The minimum Gasteiger partial charge on any atom is -0.394 e. The summed E-state index contributed by atoms with van der Waals surface area (Å²) in [5, 5.41) is 0. The first-order valence-corrected chi connectivity index (χ1v) is 9.31. The van der Waals surface area contributed by atoms with E-state index in [2.05, 4.69) is 19.9 Å². The number of nitrogens with zero attached hydrogens (tertiary/aromatic N) is 4. The van der Waals surface area contributed by atoms with E-state index >= 15 is 0 Å². The van der Waals surface area contributed by atoms with Gasteiger partial charge in [-0.25, -0.2) is 9.78 Å². The van der Waals surface area contributed by atoms with E-state index in [4.69, 9.17) is 5.73 Å². The molecule has 0 amide bonds. The molecule has 0 unspecified atom stereocenters. The number of hydrogen-bond donors (Lipinski definition) is 3. The van der Waals surface area contributed by atoms with Crippen LogP contribution in [0.15, 0.2) is 57.5 Å². The van der Waals surface area contributed by atoms with Gasteiger partial charge in [0.1, 0.15) is 5.52 Å². The van der Waals surface area contributed by atoms with Gasteiger partial charge in [-0.2, -0.15) is 0 Å². The average Bonchev–Trinajstić information content (AvgIpc) is 3.22. The quantitative estimate of drug-likeness (QED) is 0.462. The first kappa shape index (κ1) is 20.8. The maximum Gasteiger partial charge on any atom is 0.332 e. The van der Waals surface area contributed by atoms with Crippen LogP contribution in [0.2, 0.25) is 0 Å². The standard InChI is InChI=1S/C10H14N4O2.C10H9N3O/c1-6(2)4-14-8-7(11-5-12-8)9(15)13(3)10(14)16;11-9-5-8(6-13-10(9)14)7-1-3-12-4-2-7/h5-6H,4H2,1-3H3,(H,11,12);1-6H,11H2,(H,13,14). The summed E-state index contributed by atoms with van der Waals surface area (Å²) < 4.78 is 2.63. The average molecular weight is 409 g/mol. The molecule has 10 heteroatoms. The van der Waals surface area contributed by atoms with Gasteiger partial charge < -0.3 is 15.7 Å². The number of nitrogens with two attached hydrogens (primary N) is 1. The lowest BCUT2D eigenvalue weighted by atomic mass is 10.1. The topological polar surface area (TPSA) is 144 Å². The maximum absolute atomic E-state index is 11.9. The van der Waals surface area contributed by atoms with Gasteiger partial charge in [0.2, 0.25) is 0 Å². The van der Waals surface area contributed by atoms with E-state index in [0.717, 1.165) is 15.7 Å². The Morgan fingerprint density at radius 2 is 1.80 bits per heavy atom. The predicted molar refractivity (Wildman–Crippen MR) is 115 cm³/mol. The number of fused-ring (bicyclic) bond motifs is 1. The van der Waals surface area contributed by atoms with E-state index in [-0.39, 0.29) is 22.5 Å². The minimum absolute atomic E-state index is 0.222. The number of H-pyrrole nitrogens is 2.